The Balaban J connectivity index is 1.76. The van der Waals surface area contributed by atoms with Gasteiger partial charge >= 0.3 is 0 Å². The van der Waals surface area contributed by atoms with E-state index in [4.69, 9.17) is 10.5 Å². The summed E-state index contributed by atoms with van der Waals surface area (Å²) in [7, 11) is 1.68. The van der Waals surface area contributed by atoms with E-state index in [9.17, 15) is 0 Å². The van der Waals surface area contributed by atoms with Gasteiger partial charge in [0.15, 0.2) is 10.2 Å². The molecule has 0 radical (unpaired) electrons. The molecule has 0 unspecified atom stereocenters. The average Bonchev–Trinajstić information content (AvgIpc) is 3.12. The lowest BCUT2D eigenvalue weighted by Crippen LogP contribution is -2.20. The highest BCUT2D eigenvalue weighted by Gasteiger charge is 2.20. The van der Waals surface area contributed by atoms with Crippen LogP contribution < -0.4 is 10.5 Å². The van der Waals surface area contributed by atoms with Gasteiger partial charge in [-0.3, -0.25) is 0 Å². The van der Waals surface area contributed by atoms with Crippen LogP contribution in [0.3, 0.4) is 0 Å². The van der Waals surface area contributed by atoms with Crippen molar-refractivity contribution >= 4 is 28.1 Å². The van der Waals surface area contributed by atoms with E-state index >= 15 is 0 Å². The average molecular weight is 349 g/mol. The van der Waals surface area contributed by atoms with E-state index in [2.05, 4.69) is 35.2 Å². The number of ether oxygens (including phenoxy) is 1. The minimum atomic E-state index is -0.164. The summed E-state index contributed by atoms with van der Waals surface area (Å²) in [5.41, 5.74) is 7.37. The van der Waals surface area contributed by atoms with Crippen molar-refractivity contribution in [3.05, 3.63) is 35.7 Å². The van der Waals surface area contributed by atoms with Crippen molar-refractivity contribution in [2.45, 2.75) is 30.0 Å². The summed E-state index contributed by atoms with van der Waals surface area (Å²) in [6, 6.07) is 7.89. The molecule has 3 aromatic rings. The fourth-order valence-electron chi connectivity index (χ4n) is 2.09. The molecular weight excluding hydrogens is 330 g/mol. The van der Waals surface area contributed by atoms with E-state index < -0.39 is 0 Å². The Bertz CT molecular complexity index is 798. The van der Waals surface area contributed by atoms with Crippen molar-refractivity contribution in [1.82, 2.24) is 19.8 Å². The van der Waals surface area contributed by atoms with Gasteiger partial charge in [0.1, 0.15) is 5.75 Å². The molecule has 0 saturated heterocycles. The van der Waals surface area contributed by atoms with Gasteiger partial charge < -0.3 is 10.5 Å². The maximum absolute atomic E-state index is 6.18. The lowest BCUT2D eigenvalue weighted by atomic mass is 10.1. The zero-order valence-electron chi connectivity index (χ0n) is 13.3. The van der Waals surface area contributed by atoms with E-state index in [-0.39, 0.29) is 12.0 Å². The lowest BCUT2D eigenvalue weighted by molar-refractivity contribution is 0.414. The summed E-state index contributed by atoms with van der Waals surface area (Å²) in [5, 5.41) is 12.9. The van der Waals surface area contributed by atoms with Crippen molar-refractivity contribution in [2.24, 2.45) is 11.7 Å². The molecule has 2 N–H and O–H groups in total. The van der Waals surface area contributed by atoms with E-state index in [1.807, 2.05) is 18.2 Å². The largest absolute Gasteiger partial charge is 0.497 e. The van der Waals surface area contributed by atoms with Gasteiger partial charge in [-0.15, -0.1) is 15.3 Å². The number of thioether (sulfide) groups is 1. The van der Waals surface area contributed by atoms with Crippen LogP contribution in [0.5, 0.6) is 5.75 Å². The minimum absolute atomic E-state index is 0.164. The predicted molar refractivity (Wildman–Crippen MR) is 93.0 cm³/mol. The minimum Gasteiger partial charge on any atom is -0.497 e. The number of benzene rings is 1. The third-order valence-electron chi connectivity index (χ3n) is 3.51. The molecule has 0 aliphatic heterocycles. The molecule has 6 nitrogen and oxygen atoms in total. The summed E-state index contributed by atoms with van der Waals surface area (Å²) in [6.45, 7) is 4.13. The van der Waals surface area contributed by atoms with Crippen LogP contribution in [-0.2, 0) is 5.75 Å². The zero-order valence-corrected chi connectivity index (χ0v) is 14.9. The van der Waals surface area contributed by atoms with Crippen LogP contribution in [0.1, 0.15) is 31.3 Å². The summed E-state index contributed by atoms with van der Waals surface area (Å²) in [5.74, 6) is 2.70. The normalized spacial score (nSPS) is 12.9. The van der Waals surface area contributed by atoms with Gasteiger partial charge in [-0.1, -0.05) is 49.1 Å². The molecule has 2 aromatic heterocycles. The van der Waals surface area contributed by atoms with Crippen LogP contribution in [0.15, 0.2) is 28.6 Å². The third kappa shape index (κ3) is 3.49. The highest BCUT2D eigenvalue weighted by molar-refractivity contribution is 8.00. The second-order valence-electron chi connectivity index (χ2n) is 5.53. The van der Waals surface area contributed by atoms with Crippen molar-refractivity contribution in [2.75, 3.05) is 7.11 Å². The van der Waals surface area contributed by atoms with E-state index in [0.717, 1.165) is 26.6 Å². The Morgan fingerprint density at radius 3 is 2.91 bits per heavy atom. The topological polar surface area (TPSA) is 78.3 Å². The number of hydrogen-bond donors (Lipinski definition) is 1. The van der Waals surface area contributed by atoms with E-state index in [1.54, 1.807) is 23.4 Å². The quantitative estimate of drug-likeness (QED) is 0.689. The maximum Gasteiger partial charge on any atom is 0.235 e. The molecule has 0 aliphatic rings. The Kier molecular flexibility index (Phi) is 4.84. The molecule has 122 valence electrons. The molecule has 3 rings (SSSR count). The van der Waals surface area contributed by atoms with Crippen molar-refractivity contribution in [3.8, 4) is 5.75 Å². The van der Waals surface area contributed by atoms with Gasteiger partial charge in [-0.25, -0.2) is 0 Å². The molecule has 2 heterocycles. The fraction of sp³-hybridized carbons (Fsp3) is 0.400. The molecule has 23 heavy (non-hydrogen) atoms. The molecule has 1 atom stereocenters. The molecule has 0 aliphatic carbocycles. The van der Waals surface area contributed by atoms with Crippen LogP contribution >= 0.6 is 23.1 Å². The number of fused-ring (bicyclic) bond motifs is 1. The van der Waals surface area contributed by atoms with Crippen molar-refractivity contribution in [1.29, 1.82) is 0 Å². The summed E-state index contributed by atoms with van der Waals surface area (Å²) in [6.07, 6.45) is 0. The molecular formula is C15H19N5OS2. The molecule has 0 amide bonds. The molecule has 1 aromatic carbocycles. The standard InChI is InChI=1S/C15H19N5OS2/c1-9(2)12(16)13-17-18-14-20(13)19-15(23-14)22-8-10-5-4-6-11(7-10)21-3/h4-7,9,12H,8,16H2,1-3H3/t12-/m0/s1. The SMILES string of the molecule is COc1cccc(CSc2nn3c([C@@H](N)C(C)C)nnc3s2)c1. The van der Waals surface area contributed by atoms with E-state index in [0.29, 0.717) is 0 Å². The summed E-state index contributed by atoms with van der Waals surface area (Å²) in [4.78, 5) is 0.782. The molecule has 0 spiro atoms. The number of aromatic nitrogens is 4. The second kappa shape index (κ2) is 6.86. The van der Waals surface area contributed by atoms with Gasteiger partial charge in [-0.05, 0) is 23.6 Å². The summed E-state index contributed by atoms with van der Waals surface area (Å²) >= 11 is 3.21. The van der Waals surface area contributed by atoms with Crippen molar-refractivity contribution < 1.29 is 4.74 Å². The number of nitrogens with zero attached hydrogens (tertiary/aromatic N) is 4. The van der Waals surface area contributed by atoms with Gasteiger partial charge in [-0.2, -0.15) is 4.52 Å². The van der Waals surface area contributed by atoms with Gasteiger partial charge in [0.25, 0.3) is 0 Å². The number of rotatable bonds is 6. The Morgan fingerprint density at radius 2 is 2.17 bits per heavy atom. The van der Waals surface area contributed by atoms with Gasteiger partial charge in [0.05, 0.1) is 13.2 Å². The van der Waals surface area contributed by atoms with Crippen LogP contribution in [0.2, 0.25) is 0 Å². The van der Waals surface area contributed by atoms with Crippen LogP contribution in [0.4, 0.5) is 0 Å². The molecule has 0 bridgehead atoms. The van der Waals surface area contributed by atoms with Crippen LogP contribution in [0, 0.1) is 5.92 Å². The lowest BCUT2D eigenvalue weighted by Gasteiger charge is -2.11. The molecule has 8 heteroatoms. The second-order valence-corrected chi connectivity index (χ2v) is 7.71. The Hall–Kier alpha value is -1.64. The monoisotopic (exact) mass is 349 g/mol. The number of methoxy groups -OCH3 is 1. The number of nitrogens with two attached hydrogens (primary N) is 1. The van der Waals surface area contributed by atoms with Gasteiger partial charge in [0, 0.05) is 5.75 Å². The first kappa shape index (κ1) is 16.2. The highest BCUT2D eigenvalue weighted by atomic mass is 32.2. The first-order chi connectivity index (χ1) is 11.1. The third-order valence-corrected chi connectivity index (χ3v) is 5.61. The van der Waals surface area contributed by atoms with E-state index in [1.165, 1.54) is 16.9 Å². The zero-order chi connectivity index (χ0) is 16.4. The van der Waals surface area contributed by atoms with Crippen molar-refractivity contribution in [3.63, 3.8) is 0 Å². The Morgan fingerprint density at radius 1 is 1.35 bits per heavy atom. The fourth-order valence-corrected chi connectivity index (χ4v) is 3.91. The molecule has 0 saturated carbocycles. The van der Waals surface area contributed by atoms with Crippen LogP contribution in [0.25, 0.3) is 4.96 Å². The van der Waals surface area contributed by atoms with Gasteiger partial charge in [0.2, 0.25) is 4.96 Å². The van der Waals surface area contributed by atoms with Crippen LogP contribution in [-0.4, -0.2) is 26.9 Å². The first-order valence-electron chi connectivity index (χ1n) is 7.32. The first-order valence-corrected chi connectivity index (χ1v) is 9.12. The maximum atomic E-state index is 6.18. The Labute approximate surface area is 143 Å². The predicted octanol–water partition coefficient (Wildman–Crippen LogP) is 3.14. The highest BCUT2D eigenvalue weighted by Crippen LogP contribution is 2.29. The number of hydrogen-bond acceptors (Lipinski definition) is 7. The smallest absolute Gasteiger partial charge is 0.235 e. The molecule has 0 fully saturated rings. The summed E-state index contributed by atoms with van der Waals surface area (Å²) < 4.78 is 7.97.